The van der Waals surface area contributed by atoms with Gasteiger partial charge in [0.1, 0.15) is 24.2 Å². The highest BCUT2D eigenvalue weighted by Gasteiger charge is 2.46. The lowest BCUT2D eigenvalue weighted by Crippen LogP contribution is -2.67. The van der Waals surface area contributed by atoms with Crippen LogP contribution in [0, 0.1) is 11.8 Å². The topological polar surface area (TPSA) is 155 Å². The van der Waals surface area contributed by atoms with Crippen molar-refractivity contribution < 1.29 is 23.9 Å². The Labute approximate surface area is 256 Å². The van der Waals surface area contributed by atoms with Crippen molar-refractivity contribution in [1.29, 1.82) is 0 Å². The molecule has 11 heteroatoms. The number of ether oxygens (including phenoxy) is 1. The maximum absolute atomic E-state index is 14.1. The molecule has 10 nitrogen and oxygen atoms in total. The number of primary amides is 1. The van der Waals surface area contributed by atoms with Gasteiger partial charge in [0.25, 0.3) is 0 Å². The normalized spacial score (nSPS) is 18.3. The first-order chi connectivity index (χ1) is 20.4. The van der Waals surface area contributed by atoms with Crippen molar-refractivity contribution in [3.05, 3.63) is 70.4 Å². The summed E-state index contributed by atoms with van der Waals surface area (Å²) in [5.74, 6) is -2.23. The Morgan fingerprint density at radius 2 is 1.77 bits per heavy atom. The average Bonchev–Trinajstić information content (AvgIpc) is 3.33. The number of hydrogen-bond donors (Lipinski definition) is 5. The maximum Gasteiger partial charge on any atom is 0.408 e. The lowest BCUT2D eigenvalue weighted by atomic mass is 9.78. The number of aromatic nitrogens is 1. The first kappa shape index (κ1) is 31.9. The molecule has 1 aliphatic rings. The molecule has 6 N–H and O–H groups in total. The second-order valence-electron chi connectivity index (χ2n) is 11.7. The fraction of sp³-hybridized carbons (Fsp3) is 0.438. The Kier molecular flexibility index (Phi) is 10.0. The number of rotatable bonds is 11. The van der Waals surface area contributed by atoms with Crippen LogP contribution in [0.15, 0.2) is 48.5 Å². The van der Waals surface area contributed by atoms with Gasteiger partial charge in [0.2, 0.25) is 17.7 Å². The molecule has 0 unspecified atom stereocenters. The fourth-order valence-corrected chi connectivity index (χ4v) is 5.71. The van der Waals surface area contributed by atoms with Crippen molar-refractivity contribution in [1.82, 2.24) is 20.9 Å². The number of halogens is 1. The second kappa shape index (κ2) is 13.5. The minimum absolute atomic E-state index is 0.0466. The number of carbonyl (C=O) groups is 4. The Bertz CT molecular complexity index is 1490. The molecular weight excluding hydrogens is 570 g/mol. The highest BCUT2D eigenvalue weighted by molar-refractivity contribution is 6.31. The summed E-state index contributed by atoms with van der Waals surface area (Å²) in [6, 6.07) is 12.8. The van der Waals surface area contributed by atoms with Gasteiger partial charge in [-0.15, -0.1) is 0 Å². The van der Waals surface area contributed by atoms with Crippen LogP contribution in [0.3, 0.4) is 0 Å². The predicted octanol–water partition coefficient (Wildman–Crippen LogP) is 4.13. The van der Waals surface area contributed by atoms with Crippen LogP contribution < -0.4 is 21.7 Å². The molecule has 3 aromatic rings. The van der Waals surface area contributed by atoms with Crippen LogP contribution in [0.1, 0.15) is 57.4 Å². The molecule has 0 aliphatic heterocycles. The van der Waals surface area contributed by atoms with E-state index in [-0.39, 0.29) is 31.3 Å². The zero-order valence-electron chi connectivity index (χ0n) is 25.0. The molecule has 4 amide bonds. The lowest BCUT2D eigenvalue weighted by molar-refractivity contribution is -0.137. The predicted molar refractivity (Wildman–Crippen MR) is 165 cm³/mol. The first-order valence-corrected chi connectivity index (χ1v) is 15.0. The van der Waals surface area contributed by atoms with Crippen molar-refractivity contribution in [3.8, 4) is 0 Å². The summed E-state index contributed by atoms with van der Waals surface area (Å²) in [5, 5.41) is 9.98. The van der Waals surface area contributed by atoms with Crippen LogP contribution >= 0.6 is 11.6 Å². The molecule has 4 atom stereocenters. The number of carbonyl (C=O) groups excluding carboxylic acids is 4. The third-order valence-corrected chi connectivity index (χ3v) is 8.51. The average molecular weight is 610 g/mol. The van der Waals surface area contributed by atoms with Gasteiger partial charge in [-0.05, 0) is 47.9 Å². The van der Waals surface area contributed by atoms with Gasteiger partial charge in [-0.25, -0.2) is 4.79 Å². The van der Waals surface area contributed by atoms with E-state index in [0.717, 1.165) is 27.7 Å². The van der Waals surface area contributed by atoms with E-state index >= 15 is 0 Å². The minimum atomic E-state index is -1.41. The quantitative estimate of drug-likeness (QED) is 0.221. The van der Waals surface area contributed by atoms with E-state index in [1.807, 2.05) is 56.3 Å². The SMILES string of the molecule is CC[C@H](C)[C@H](NC(=O)OCc1ccccc1)C(=O)N[C@]1(C(=O)N[C@H](C(N)=O)C(C)C)CCc2[nH]c3cc(Cl)ccc3c2C1. The molecule has 230 valence electrons. The molecule has 1 aromatic heterocycles. The van der Waals surface area contributed by atoms with Gasteiger partial charge in [0.05, 0.1) is 0 Å². The molecule has 0 spiro atoms. The standard InChI is InChI=1S/C32H40ClN5O5/c1-5-19(4)27(37-31(42)43-17-20-9-7-6-8-10-20)29(40)38-32(30(41)36-26(18(2)3)28(34)39)14-13-24-23(16-32)22-12-11-21(33)15-25(22)35-24/h6-12,15,18-19,26-27,35H,5,13-14,16-17H2,1-4H3,(H2,34,39)(H,36,41)(H,37,42)(H,38,40)/t19-,26-,27-,32+/m0/s1. The van der Waals surface area contributed by atoms with Gasteiger partial charge < -0.3 is 31.4 Å². The Balaban J connectivity index is 1.63. The molecule has 0 bridgehead atoms. The zero-order valence-corrected chi connectivity index (χ0v) is 25.7. The fourth-order valence-electron chi connectivity index (χ4n) is 5.54. The monoisotopic (exact) mass is 609 g/mol. The summed E-state index contributed by atoms with van der Waals surface area (Å²) >= 11 is 6.22. The highest BCUT2D eigenvalue weighted by atomic mass is 35.5. The van der Waals surface area contributed by atoms with Crippen molar-refractivity contribution >= 4 is 46.3 Å². The lowest BCUT2D eigenvalue weighted by Gasteiger charge is -2.39. The Morgan fingerprint density at radius 3 is 2.42 bits per heavy atom. The molecule has 0 fully saturated rings. The van der Waals surface area contributed by atoms with Crippen LogP contribution in [0.2, 0.25) is 5.02 Å². The molecule has 1 heterocycles. The molecule has 43 heavy (non-hydrogen) atoms. The van der Waals surface area contributed by atoms with Gasteiger partial charge in [-0.3, -0.25) is 14.4 Å². The van der Waals surface area contributed by atoms with Crippen LogP contribution in [0.25, 0.3) is 10.9 Å². The van der Waals surface area contributed by atoms with Gasteiger partial charge in [-0.1, -0.05) is 82.1 Å². The number of aryl methyl sites for hydroxylation is 1. The number of H-pyrrole nitrogens is 1. The summed E-state index contributed by atoms with van der Waals surface area (Å²) in [4.78, 5) is 56.4. The number of benzene rings is 2. The van der Waals surface area contributed by atoms with Crippen LogP contribution in [-0.4, -0.2) is 46.4 Å². The smallest absolute Gasteiger partial charge is 0.408 e. The number of hydrogen-bond acceptors (Lipinski definition) is 5. The van der Waals surface area contributed by atoms with E-state index < -0.39 is 41.4 Å². The summed E-state index contributed by atoms with van der Waals surface area (Å²) in [5.41, 5.74) is 7.68. The summed E-state index contributed by atoms with van der Waals surface area (Å²) in [7, 11) is 0. The van der Waals surface area contributed by atoms with Crippen LogP contribution in [0.4, 0.5) is 4.79 Å². The number of nitrogens with two attached hydrogens (primary N) is 1. The third-order valence-electron chi connectivity index (χ3n) is 8.28. The van der Waals surface area contributed by atoms with E-state index in [4.69, 9.17) is 22.1 Å². The van der Waals surface area contributed by atoms with Gasteiger partial charge in [0, 0.05) is 28.0 Å². The molecule has 0 radical (unpaired) electrons. The minimum Gasteiger partial charge on any atom is -0.445 e. The summed E-state index contributed by atoms with van der Waals surface area (Å²) in [6.45, 7) is 7.37. The number of alkyl carbamates (subject to hydrolysis) is 1. The molecular formula is C32H40ClN5O5. The first-order valence-electron chi connectivity index (χ1n) is 14.6. The molecule has 4 rings (SSSR count). The van der Waals surface area contributed by atoms with E-state index in [1.165, 1.54) is 0 Å². The third kappa shape index (κ3) is 7.30. The van der Waals surface area contributed by atoms with Crippen LogP contribution in [0.5, 0.6) is 0 Å². The molecule has 0 saturated carbocycles. The zero-order chi connectivity index (χ0) is 31.3. The number of nitrogens with one attached hydrogen (secondary N) is 4. The van der Waals surface area contributed by atoms with Crippen molar-refractivity contribution in [2.75, 3.05) is 0 Å². The van der Waals surface area contributed by atoms with Crippen molar-refractivity contribution in [2.24, 2.45) is 17.6 Å². The van der Waals surface area contributed by atoms with Gasteiger partial charge >= 0.3 is 6.09 Å². The number of amides is 4. The molecule has 1 aliphatic carbocycles. The van der Waals surface area contributed by atoms with E-state index in [9.17, 15) is 19.2 Å². The van der Waals surface area contributed by atoms with E-state index in [1.54, 1.807) is 19.9 Å². The highest BCUT2D eigenvalue weighted by Crippen LogP contribution is 2.35. The van der Waals surface area contributed by atoms with Gasteiger partial charge in [-0.2, -0.15) is 0 Å². The van der Waals surface area contributed by atoms with Crippen LogP contribution in [-0.2, 0) is 38.6 Å². The Hall–Kier alpha value is -4.05. The Morgan fingerprint density at radius 1 is 1.05 bits per heavy atom. The summed E-state index contributed by atoms with van der Waals surface area (Å²) in [6.07, 6.45) is 0.722. The van der Waals surface area contributed by atoms with E-state index in [0.29, 0.717) is 17.9 Å². The number of aromatic amines is 1. The second-order valence-corrected chi connectivity index (χ2v) is 12.1. The van der Waals surface area contributed by atoms with Crippen molar-refractivity contribution in [2.45, 2.75) is 77.6 Å². The molecule has 2 aromatic carbocycles. The van der Waals surface area contributed by atoms with Gasteiger partial charge in [0.15, 0.2) is 0 Å². The largest absolute Gasteiger partial charge is 0.445 e. The van der Waals surface area contributed by atoms with E-state index in [2.05, 4.69) is 20.9 Å². The number of fused-ring (bicyclic) bond motifs is 3. The summed E-state index contributed by atoms with van der Waals surface area (Å²) < 4.78 is 5.39. The van der Waals surface area contributed by atoms with Crippen molar-refractivity contribution in [3.63, 3.8) is 0 Å². The maximum atomic E-state index is 14.1. The molecule has 0 saturated heterocycles.